The van der Waals surface area contributed by atoms with Gasteiger partial charge in [-0.25, -0.2) is 0 Å². The fourth-order valence-corrected chi connectivity index (χ4v) is 10.2. The highest BCUT2D eigenvalue weighted by atomic mass is 28.4. The highest BCUT2D eigenvalue weighted by Gasteiger charge is 2.60. The van der Waals surface area contributed by atoms with Gasteiger partial charge in [-0.1, -0.05) is 70.9 Å². The van der Waals surface area contributed by atoms with E-state index in [0.29, 0.717) is 6.10 Å². The second-order valence-electron chi connectivity index (χ2n) is 7.52. The van der Waals surface area contributed by atoms with E-state index in [4.69, 9.17) is 4.43 Å². The number of hydrogen-bond acceptors (Lipinski definition) is 1. The molecule has 2 aliphatic heterocycles. The van der Waals surface area contributed by atoms with Crippen molar-refractivity contribution in [3.8, 4) is 0 Å². The van der Waals surface area contributed by atoms with Crippen LogP contribution in [-0.4, -0.2) is 14.4 Å². The van der Waals surface area contributed by atoms with Gasteiger partial charge in [-0.2, -0.15) is 0 Å². The minimum Gasteiger partial charge on any atom is -0.408 e. The molecular formula is C17H26OSi. The zero-order valence-electron chi connectivity index (χ0n) is 12.6. The summed E-state index contributed by atoms with van der Waals surface area (Å²) in [4.78, 5) is 0. The molecule has 1 aromatic rings. The molecule has 0 radical (unpaired) electrons. The first-order valence-electron chi connectivity index (χ1n) is 7.68. The summed E-state index contributed by atoms with van der Waals surface area (Å²) < 4.78 is 6.87. The van der Waals surface area contributed by atoms with E-state index in [0.717, 1.165) is 11.5 Å². The standard InChI is InChI=1S/C17H26OSi/c1-13-15-11-8-12-19(15,14-9-6-5-7-10-14)18-16(13)17(2,3)4/h5-7,9-10,13,15-16H,8,11-12H2,1-4H3/t13-,15-,16-,19+/m0/s1. The number of benzene rings is 1. The van der Waals surface area contributed by atoms with Crippen LogP contribution in [0.4, 0.5) is 0 Å². The first-order chi connectivity index (χ1) is 8.95. The van der Waals surface area contributed by atoms with Gasteiger partial charge in [0.25, 0.3) is 0 Å². The van der Waals surface area contributed by atoms with Crippen molar-refractivity contribution in [3.05, 3.63) is 30.3 Å². The van der Waals surface area contributed by atoms with Gasteiger partial charge in [0.1, 0.15) is 0 Å². The van der Waals surface area contributed by atoms with Crippen molar-refractivity contribution in [2.24, 2.45) is 11.3 Å². The SMILES string of the molecule is C[C@@H]1[C@@H](C(C)(C)C)O[Si@@]2(c3ccccc3)CCC[C@@H]12. The smallest absolute Gasteiger partial charge is 0.228 e. The van der Waals surface area contributed by atoms with Crippen LogP contribution >= 0.6 is 0 Å². The molecule has 0 aliphatic carbocycles. The summed E-state index contributed by atoms with van der Waals surface area (Å²) in [7, 11) is -1.71. The number of rotatable bonds is 1. The van der Waals surface area contributed by atoms with Gasteiger partial charge in [0.2, 0.25) is 8.32 Å². The lowest BCUT2D eigenvalue weighted by Crippen LogP contribution is -2.49. The Morgan fingerprint density at radius 1 is 1.16 bits per heavy atom. The van der Waals surface area contributed by atoms with Crippen molar-refractivity contribution in [2.75, 3.05) is 0 Å². The molecule has 4 atom stereocenters. The number of hydrogen-bond donors (Lipinski definition) is 0. The molecule has 0 N–H and O–H groups in total. The van der Waals surface area contributed by atoms with Gasteiger partial charge in [-0.3, -0.25) is 0 Å². The molecule has 104 valence electrons. The lowest BCUT2D eigenvalue weighted by molar-refractivity contribution is 0.0646. The predicted octanol–water partition coefficient (Wildman–Crippen LogP) is 4.08. The average molecular weight is 274 g/mol. The van der Waals surface area contributed by atoms with Crippen LogP contribution in [0.5, 0.6) is 0 Å². The average Bonchev–Trinajstić information content (AvgIpc) is 2.90. The molecule has 2 aliphatic rings. The third-order valence-corrected chi connectivity index (χ3v) is 10.3. The lowest BCUT2D eigenvalue weighted by atomic mass is 9.80. The topological polar surface area (TPSA) is 9.23 Å². The van der Waals surface area contributed by atoms with E-state index in [1.807, 2.05) is 0 Å². The molecule has 2 heteroatoms. The first-order valence-corrected chi connectivity index (χ1v) is 9.88. The van der Waals surface area contributed by atoms with Crippen molar-refractivity contribution < 1.29 is 4.43 Å². The van der Waals surface area contributed by atoms with E-state index < -0.39 is 8.32 Å². The highest BCUT2D eigenvalue weighted by Crippen LogP contribution is 2.55. The normalized spacial score (nSPS) is 38.4. The highest BCUT2D eigenvalue weighted by molar-refractivity contribution is 6.89. The second kappa shape index (κ2) is 4.46. The van der Waals surface area contributed by atoms with Crippen LogP contribution in [-0.2, 0) is 4.43 Å². The Balaban J connectivity index is 2.01. The predicted molar refractivity (Wildman–Crippen MR) is 83.1 cm³/mol. The molecule has 0 bridgehead atoms. The molecule has 1 nitrogen and oxygen atoms in total. The molecule has 1 aromatic carbocycles. The minimum atomic E-state index is -1.71. The number of fused-ring (bicyclic) bond motifs is 1. The largest absolute Gasteiger partial charge is 0.408 e. The molecule has 0 unspecified atom stereocenters. The van der Waals surface area contributed by atoms with E-state index >= 15 is 0 Å². The maximum Gasteiger partial charge on any atom is 0.228 e. The van der Waals surface area contributed by atoms with E-state index in [9.17, 15) is 0 Å². The summed E-state index contributed by atoms with van der Waals surface area (Å²) in [6, 6.07) is 12.5. The third kappa shape index (κ3) is 2.00. The van der Waals surface area contributed by atoms with Crippen LogP contribution in [0.1, 0.15) is 40.5 Å². The molecular weight excluding hydrogens is 248 g/mol. The minimum absolute atomic E-state index is 0.262. The summed E-state index contributed by atoms with van der Waals surface area (Å²) in [5.74, 6) is 0.717. The Hall–Kier alpha value is -0.603. The fraction of sp³-hybridized carbons (Fsp3) is 0.647. The molecule has 2 saturated heterocycles. The molecule has 0 aromatic heterocycles. The van der Waals surface area contributed by atoms with Crippen LogP contribution in [0.3, 0.4) is 0 Å². The van der Waals surface area contributed by atoms with Crippen LogP contribution in [0.15, 0.2) is 30.3 Å². The Bertz CT molecular complexity index is 450. The Kier molecular flexibility index (Phi) is 3.14. The van der Waals surface area contributed by atoms with E-state index in [-0.39, 0.29) is 5.41 Å². The van der Waals surface area contributed by atoms with Crippen LogP contribution in [0, 0.1) is 11.3 Å². The summed E-state index contributed by atoms with van der Waals surface area (Å²) in [5, 5.41) is 1.54. The molecule has 0 saturated carbocycles. The molecule has 3 rings (SSSR count). The van der Waals surface area contributed by atoms with E-state index in [1.54, 1.807) is 0 Å². The first kappa shape index (κ1) is 13.4. The maximum absolute atomic E-state index is 6.87. The maximum atomic E-state index is 6.87. The fourth-order valence-electron chi connectivity index (χ4n) is 4.49. The zero-order valence-corrected chi connectivity index (χ0v) is 13.6. The Morgan fingerprint density at radius 2 is 1.84 bits per heavy atom. The van der Waals surface area contributed by atoms with Crippen molar-refractivity contribution in [1.29, 1.82) is 0 Å². The van der Waals surface area contributed by atoms with Gasteiger partial charge in [0.15, 0.2) is 0 Å². The third-order valence-electron chi connectivity index (χ3n) is 5.23. The van der Waals surface area contributed by atoms with Gasteiger partial charge in [0, 0.05) is 0 Å². The molecule has 2 heterocycles. The van der Waals surface area contributed by atoms with Crippen LogP contribution < -0.4 is 5.19 Å². The van der Waals surface area contributed by atoms with E-state index in [1.165, 1.54) is 24.1 Å². The quantitative estimate of drug-likeness (QED) is 0.701. The Morgan fingerprint density at radius 3 is 2.47 bits per heavy atom. The van der Waals surface area contributed by atoms with Gasteiger partial charge >= 0.3 is 0 Å². The van der Waals surface area contributed by atoms with Gasteiger partial charge in [-0.15, -0.1) is 0 Å². The van der Waals surface area contributed by atoms with Crippen molar-refractivity contribution >= 4 is 13.5 Å². The zero-order chi connectivity index (χ0) is 13.7. The van der Waals surface area contributed by atoms with Gasteiger partial charge in [-0.05, 0) is 28.1 Å². The van der Waals surface area contributed by atoms with Crippen LogP contribution in [0.25, 0.3) is 0 Å². The Labute approximate surface area is 118 Å². The van der Waals surface area contributed by atoms with Gasteiger partial charge < -0.3 is 4.43 Å². The lowest BCUT2D eigenvalue weighted by Gasteiger charge is -2.33. The van der Waals surface area contributed by atoms with Crippen LogP contribution in [0.2, 0.25) is 11.6 Å². The molecule has 19 heavy (non-hydrogen) atoms. The van der Waals surface area contributed by atoms with Gasteiger partial charge in [0.05, 0.1) is 6.10 Å². The van der Waals surface area contributed by atoms with E-state index in [2.05, 4.69) is 58.0 Å². The second-order valence-corrected chi connectivity index (χ2v) is 11.4. The summed E-state index contributed by atoms with van der Waals surface area (Å²) >= 11 is 0. The molecule has 0 spiro atoms. The van der Waals surface area contributed by atoms with Crippen molar-refractivity contribution in [2.45, 2.75) is 58.2 Å². The molecule has 2 fully saturated rings. The molecule has 0 amide bonds. The summed E-state index contributed by atoms with van der Waals surface area (Å²) in [5.41, 5.74) is 1.09. The summed E-state index contributed by atoms with van der Waals surface area (Å²) in [6.07, 6.45) is 3.19. The van der Waals surface area contributed by atoms with Crippen molar-refractivity contribution in [3.63, 3.8) is 0 Å². The monoisotopic (exact) mass is 274 g/mol. The van der Waals surface area contributed by atoms with Crippen molar-refractivity contribution in [1.82, 2.24) is 0 Å². The summed E-state index contributed by atoms with van der Waals surface area (Å²) in [6.45, 7) is 9.44.